The maximum absolute atomic E-state index is 12.2. The van der Waals surface area contributed by atoms with E-state index in [4.69, 9.17) is 9.47 Å². The fraction of sp³-hybridized carbons (Fsp3) is 0.280. The standard InChI is InChI=1S/C25H22N2O8/c28-20-10-11-21(29)26(20)18-6-2-16(3-7-18)24(32)34-14-1-15-35-25(33)17-4-8-19(9-5-17)27-22(30)12-13-23(27)31/h2-9H,1,10-15H2. The van der Waals surface area contributed by atoms with Crippen LogP contribution in [0.1, 0.15) is 52.8 Å². The molecule has 2 aliphatic rings. The highest BCUT2D eigenvalue weighted by Crippen LogP contribution is 2.24. The number of anilines is 2. The minimum atomic E-state index is -0.580. The Hall–Kier alpha value is -4.34. The van der Waals surface area contributed by atoms with E-state index in [0.29, 0.717) is 11.4 Å². The van der Waals surface area contributed by atoms with Crippen molar-refractivity contribution in [3.63, 3.8) is 0 Å². The lowest BCUT2D eigenvalue weighted by Gasteiger charge is -2.14. The summed E-state index contributed by atoms with van der Waals surface area (Å²) in [6.45, 7) is 0.0458. The van der Waals surface area contributed by atoms with Crippen LogP contribution in [0.2, 0.25) is 0 Å². The van der Waals surface area contributed by atoms with Gasteiger partial charge in [-0.15, -0.1) is 0 Å². The molecular weight excluding hydrogens is 456 g/mol. The zero-order valence-corrected chi connectivity index (χ0v) is 18.7. The zero-order valence-electron chi connectivity index (χ0n) is 18.7. The van der Waals surface area contributed by atoms with Gasteiger partial charge in [0, 0.05) is 32.1 Å². The number of imide groups is 2. The van der Waals surface area contributed by atoms with Gasteiger partial charge < -0.3 is 9.47 Å². The average Bonchev–Trinajstić information content (AvgIpc) is 3.38. The first-order valence-corrected chi connectivity index (χ1v) is 11.1. The van der Waals surface area contributed by atoms with Crippen LogP contribution < -0.4 is 9.80 Å². The summed E-state index contributed by atoms with van der Waals surface area (Å²) in [4.78, 5) is 73.7. The van der Waals surface area contributed by atoms with Crippen LogP contribution in [0.4, 0.5) is 11.4 Å². The fourth-order valence-electron chi connectivity index (χ4n) is 3.78. The molecule has 10 heteroatoms. The van der Waals surface area contributed by atoms with E-state index in [1.165, 1.54) is 48.5 Å². The second kappa shape index (κ2) is 10.3. The second-order valence-electron chi connectivity index (χ2n) is 7.96. The second-order valence-corrected chi connectivity index (χ2v) is 7.96. The van der Waals surface area contributed by atoms with Crippen LogP contribution in [-0.2, 0) is 28.7 Å². The van der Waals surface area contributed by atoms with Gasteiger partial charge in [0.05, 0.1) is 35.7 Å². The molecule has 0 saturated carbocycles. The minimum absolute atomic E-state index is 0.0229. The topological polar surface area (TPSA) is 127 Å². The number of ether oxygens (including phenoxy) is 2. The molecule has 2 aromatic carbocycles. The van der Waals surface area contributed by atoms with E-state index >= 15 is 0 Å². The van der Waals surface area contributed by atoms with E-state index in [0.717, 1.165) is 9.80 Å². The number of rotatable bonds is 8. The van der Waals surface area contributed by atoms with Crippen molar-refractivity contribution in [1.82, 2.24) is 0 Å². The number of hydrogen-bond donors (Lipinski definition) is 0. The summed E-state index contributed by atoms with van der Waals surface area (Å²) < 4.78 is 10.3. The van der Waals surface area contributed by atoms with Crippen molar-refractivity contribution in [2.45, 2.75) is 32.1 Å². The van der Waals surface area contributed by atoms with Crippen LogP contribution in [-0.4, -0.2) is 48.8 Å². The van der Waals surface area contributed by atoms with E-state index in [1.807, 2.05) is 0 Å². The smallest absolute Gasteiger partial charge is 0.338 e. The molecule has 10 nitrogen and oxygen atoms in total. The van der Waals surface area contributed by atoms with Crippen molar-refractivity contribution in [1.29, 1.82) is 0 Å². The molecule has 35 heavy (non-hydrogen) atoms. The van der Waals surface area contributed by atoms with Crippen LogP contribution >= 0.6 is 0 Å². The normalized spacial score (nSPS) is 15.7. The number of amides is 4. The van der Waals surface area contributed by atoms with Crippen LogP contribution in [0.15, 0.2) is 48.5 Å². The van der Waals surface area contributed by atoms with E-state index < -0.39 is 11.9 Å². The number of benzene rings is 2. The van der Waals surface area contributed by atoms with E-state index in [-0.39, 0.29) is 80.1 Å². The Morgan fingerprint density at radius 3 is 1.20 bits per heavy atom. The minimum Gasteiger partial charge on any atom is -0.462 e. The van der Waals surface area contributed by atoms with Gasteiger partial charge >= 0.3 is 11.9 Å². The number of esters is 2. The average molecular weight is 478 g/mol. The highest BCUT2D eigenvalue weighted by atomic mass is 16.5. The Bertz CT molecular complexity index is 1060. The number of nitrogens with zero attached hydrogens (tertiary/aromatic N) is 2. The molecule has 4 amide bonds. The van der Waals surface area contributed by atoms with Crippen molar-refractivity contribution in [2.24, 2.45) is 0 Å². The van der Waals surface area contributed by atoms with E-state index in [2.05, 4.69) is 0 Å². The summed E-state index contributed by atoms with van der Waals surface area (Å²) >= 11 is 0. The third kappa shape index (κ3) is 5.26. The van der Waals surface area contributed by atoms with Gasteiger partial charge in [-0.25, -0.2) is 9.59 Å². The maximum atomic E-state index is 12.2. The molecule has 0 aliphatic carbocycles. The van der Waals surface area contributed by atoms with Gasteiger partial charge in [-0.05, 0) is 48.5 Å². The molecule has 2 heterocycles. The number of carbonyl (C=O) groups excluding carboxylic acids is 6. The number of carbonyl (C=O) groups is 6. The molecule has 0 bridgehead atoms. The van der Waals surface area contributed by atoms with Crippen molar-refractivity contribution in [3.8, 4) is 0 Å². The Labute approximate surface area is 200 Å². The fourth-order valence-corrected chi connectivity index (χ4v) is 3.78. The molecule has 0 N–H and O–H groups in total. The Kier molecular flexibility index (Phi) is 7.00. The Morgan fingerprint density at radius 1 is 0.571 bits per heavy atom. The van der Waals surface area contributed by atoms with Gasteiger partial charge in [0.15, 0.2) is 0 Å². The molecule has 2 saturated heterocycles. The maximum Gasteiger partial charge on any atom is 0.338 e. The van der Waals surface area contributed by atoms with Crippen molar-refractivity contribution >= 4 is 46.9 Å². The van der Waals surface area contributed by atoms with Crippen LogP contribution in [0.5, 0.6) is 0 Å². The molecule has 0 unspecified atom stereocenters. The summed E-state index contributed by atoms with van der Waals surface area (Å²) in [5.74, 6) is -2.24. The van der Waals surface area contributed by atoms with Gasteiger partial charge in [-0.2, -0.15) is 0 Å². The highest BCUT2D eigenvalue weighted by molar-refractivity contribution is 6.20. The van der Waals surface area contributed by atoms with Crippen LogP contribution in [0.25, 0.3) is 0 Å². The molecule has 0 spiro atoms. The van der Waals surface area contributed by atoms with Gasteiger partial charge in [0.2, 0.25) is 23.6 Å². The van der Waals surface area contributed by atoms with Crippen molar-refractivity contribution in [3.05, 3.63) is 59.7 Å². The summed E-state index contributed by atoms with van der Waals surface area (Å²) in [7, 11) is 0. The molecule has 0 aromatic heterocycles. The molecular formula is C25H22N2O8. The molecule has 4 rings (SSSR count). The van der Waals surface area contributed by atoms with Crippen LogP contribution in [0, 0.1) is 0 Å². The molecule has 2 aromatic rings. The lowest BCUT2D eigenvalue weighted by Crippen LogP contribution is -2.28. The molecule has 0 atom stereocenters. The molecule has 2 fully saturated rings. The molecule has 2 aliphatic heterocycles. The zero-order chi connectivity index (χ0) is 24.9. The SMILES string of the molecule is O=C(OCCCOC(=O)c1ccc(N2C(=O)CCC2=O)cc1)c1ccc(N2C(=O)CCC2=O)cc1. The summed E-state index contributed by atoms with van der Waals surface area (Å²) in [6.07, 6.45) is 0.998. The molecule has 180 valence electrons. The third-order valence-corrected chi connectivity index (χ3v) is 5.58. The summed E-state index contributed by atoms with van der Waals surface area (Å²) in [6, 6.07) is 12.0. The van der Waals surface area contributed by atoms with Gasteiger partial charge in [-0.3, -0.25) is 29.0 Å². The lowest BCUT2D eigenvalue weighted by molar-refractivity contribution is -0.122. The van der Waals surface area contributed by atoms with Gasteiger partial charge in [-0.1, -0.05) is 0 Å². The lowest BCUT2D eigenvalue weighted by atomic mass is 10.2. The third-order valence-electron chi connectivity index (χ3n) is 5.58. The van der Waals surface area contributed by atoms with E-state index in [1.54, 1.807) is 0 Å². The first-order valence-electron chi connectivity index (χ1n) is 11.1. The predicted molar refractivity (Wildman–Crippen MR) is 122 cm³/mol. The summed E-state index contributed by atoms with van der Waals surface area (Å²) in [5.41, 5.74) is 1.35. The van der Waals surface area contributed by atoms with Gasteiger partial charge in [0.25, 0.3) is 0 Å². The number of hydrogen-bond acceptors (Lipinski definition) is 8. The van der Waals surface area contributed by atoms with Crippen LogP contribution in [0.3, 0.4) is 0 Å². The van der Waals surface area contributed by atoms with Crippen molar-refractivity contribution in [2.75, 3.05) is 23.0 Å². The predicted octanol–water partition coefficient (Wildman–Crippen LogP) is 2.40. The van der Waals surface area contributed by atoms with E-state index in [9.17, 15) is 28.8 Å². The monoisotopic (exact) mass is 478 g/mol. The Morgan fingerprint density at radius 2 is 0.886 bits per heavy atom. The highest BCUT2D eigenvalue weighted by Gasteiger charge is 2.31. The summed E-state index contributed by atoms with van der Waals surface area (Å²) in [5, 5.41) is 0. The largest absolute Gasteiger partial charge is 0.462 e. The Balaban J connectivity index is 1.19. The van der Waals surface area contributed by atoms with Crippen molar-refractivity contribution < 1.29 is 38.2 Å². The molecule has 0 radical (unpaired) electrons. The first kappa shape index (κ1) is 23.8. The van der Waals surface area contributed by atoms with Gasteiger partial charge in [0.1, 0.15) is 0 Å². The first-order chi connectivity index (χ1) is 16.8. The quantitative estimate of drug-likeness (QED) is 0.322.